The molecule has 28 heavy (non-hydrogen) atoms. The first kappa shape index (κ1) is 20.4. The Hall–Kier alpha value is -2.29. The maximum absolute atomic E-state index is 13.2. The Morgan fingerprint density at radius 1 is 1.14 bits per heavy atom. The highest BCUT2D eigenvalue weighted by Crippen LogP contribution is 2.23. The minimum Gasteiger partial charge on any atom is -0.301 e. The van der Waals surface area contributed by atoms with Gasteiger partial charge in [-0.1, -0.05) is 12.1 Å². The van der Waals surface area contributed by atoms with Gasteiger partial charge in [0.1, 0.15) is 5.82 Å². The first-order valence-corrected chi connectivity index (χ1v) is 10.6. The van der Waals surface area contributed by atoms with Gasteiger partial charge in [0, 0.05) is 24.0 Å². The van der Waals surface area contributed by atoms with Gasteiger partial charge < -0.3 is 4.90 Å². The molecule has 1 N–H and O–H groups in total. The second kappa shape index (κ2) is 7.98. The highest BCUT2D eigenvalue weighted by molar-refractivity contribution is 7.89. The van der Waals surface area contributed by atoms with E-state index in [1.54, 1.807) is 36.5 Å². The van der Waals surface area contributed by atoms with Gasteiger partial charge in [0.25, 0.3) is 0 Å². The van der Waals surface area contributed by atoms with E-state index in [4.69, 9.17) is 0 Å². The Morgan fingerprint density at radius 3 is 2.43 bits per heavy atom. The van der Waals surface area contributed by atoms with Crippen molar-refractivity contribution in [1.82, 2.24) is 19.4 Å². The second-order valence-corrected chi connectivity index (χ2v) is 9.05. The lowest BCUT2D eigenvalue weighted by Crippen LogP contribution is -2.34. The molecule has 1 aromatic heterocycles. The zero-order valence-electron chi connectivity index (χ0n) is 16.4. The highest BCUT2D eigenvalue weighted by atomic mass is 32.2. The van der Waals surface area contributed by atoms with Crippen molar-refractivity contribution < 1.29 is 12.8 Å². The van der Waals surface area contributed by atoms with Crippen LogP contribution in [0.3, 0.4) is 0 Å². The van der Waals surface area contributed by atoms with Crippen LogP contribution in [-0.2, 0) is 10.0 Å². The van der Waals surface area contributed by atoms with Crippen molar-refractivity contribution in [3.8, 4) is 0 Å². The predicted octanol–water partition coefficient (Wildman–Crippen LogP) is 3.34. The summed E-state index contributed by atoms with van der Waals surface area (Å²) in [5.41, 5.74) is 1.73. The summed E-state index contributed by atoms with van der Waals surface area (Å²) in [6.45, 7) is 4.22. The molecule has 1 unspecified atom stereocenters. The Kier molecular flexibility index (Phi) is 5.83. The molecule has 2 aromatic carbocycles. The number of rotatable bonds is 7. The molecule has 0 aliphatic carbocycles. The van der Waals surface area contributed by atoms with Crippen LogP contribution in [0.5, 0.6) is 0 Å². The summed E-state index contributed by atoms with van der Waals surface area (Å²) in [7, 11) is 0.0164. The fourth-order valence-electron chi connectivity index (χ4n) is 3.17. The van der Waals surface area contributed by atoms with E-state index in [0.29, 0.717) is 0 Å². The summed E-state index contributed by atoms with van der Waals surface area (Å²) in [6, 6.07) is 11.1. The third-order valence-corrected chi connectivity index (χ3v) is 6.13. The first-order valence-electron chi connectivity index (χ1n) is 9.08. The molecule has 0 fully saturated rings. The van der Waals surface area contributed by atoms with Crippen molar-refractivity contribution in [1.29, 1.82) is 0 Å². The average molecular weight is 405 g/mol. The molecule has 1 atom stereocenters. The van der Waals surface area contributed by atoms with Gasteiger partial charge in [0.2, 0.25) is 10.0 Å². The number of nitrogens with zero attached hydrogens (tertiary/aromatic N) is 3. The lowest BCUT2D eigenvalue weighted by Gasteiger charge is -2.25. The lowest BCUT2D eigenvalue weighted by molar-refractivity contribution is 0.299. The molecule has 8 heteroatoms. The number of sulfonamides is 1. The van der Waals surface area contributed by atoms with Crippen LogP contribution in [0.25, 0.3) is 10.9 Å². The number of hydrogen-bond acceptors (Lipinski definition) is 4. The second-order valence-electron chi connectivity index (χ2n) is 7.29. The Bertz CT molecular complexity index is 1060. The Morgan fingerprint density at radius 2 is 1.82 bits per heavy atom. The topological polar surface area (TPSA) is 67.2 Å². The zero-order valence-corrected chi connectivity index (χ0v) is 17.2. The van der Waals surface area contributed by atoms with Gasteiger partial charge in [-0.2, -0.15) is 5.10 Å². The van der Waals surface area contributed by atoms with Gasteiger partial charge in [-0.05, 0) is 63.8 Å². The van der Waals surface area contributed by atoms with Crippen LogP contribution in [0.4, 0.5) is 4.39 Å². The number of benzene rings is 2. The third kappa shape index (κ3) is 4.24. The minimum absolute atomic E-state index is 0.171. The molecule has 0 saturated carbocycles. The monoisotopic (exact) mass is 404 g/mol. The van der Waals surface area contributed by atoms with Gasteiger partial charge in [-0.25, -0.2) is 17.5 Å². The zero-order chi connectivity index (χ0) is 20.5. The lowest BCUT2D eigenvalue weighted by atomic mass is 10.1. The average Bonchev–Trinajstić information content (AvgIpc) is 3.06. The summed E-state index contributed by atoms with van der Waals surface area (Å²) in [5.74, 6) is -0.322. The number of fused-ring (bicyclic) bond motifs is 1. The van der Waals surface area contributed by atoms with Crippen molar-refractivity contribution in [2.24, 2.45) is 0 Å². The van der Waals surface area contributed by atoms with Crippen molar-refractivity contribution in [2.75, 3.05) is 20.6 Å². The molecule has 1 heterocycles. The molecule has 6 nitrogen and oxygen atoms in total. The molecule has 0 radical (unpaired) electrons. The molecule has 0 bridgehead atoms. The maximum Gasteiger partial charge on any atom is 0.240 e. The molecule has 0 spiro atoms. The van der Waals surface area contributed by atoms with Crippen LogP contribution in [0.1, 0.15) is 31.5 Å². The molecule has 3 aromatic rings. The predicted molar refractivity (Wildman–Crippen MR) is 108 cm³/mol. The molecule has 0 amide bonds. The van der Waals surface area contributed by atoms with Crippen molar-refractivity contribution >= 4 is 20.9 Å². The van der Waals surface area contributed by atoms with Gasteiger partial charge in [0.05, 0.1) is 16.6 Å². The van der Waals surface area contributed by atoms with Crippen LogP contribution >= 0.6 is 0 Å². The SMILES string of the molecule is CC(C)n1ncc2cc(S(=O)(=O)NCC(c3ccc(F)cc3)N(C)C)ccc21. The van der Waals surface area contributed by atoms with Crippen LogP contribution in [0.15, 0.2) is 53.6 Å². The summed E-state index contributed by atoms with van der Waals surface area (Å²) in [6.07, 6.45) is 1.68. The van der Waals surface area contributed by atoms with Crippen LogP contribution in [0.2, 0.25) is 0 Å². The van der Waals surface area contributed by atoms with Crippen LogP contribution < -0.4 is 4.72 Å². The van der Waals surface area contributed by atoms with E-state index in [1.807, 2.05) is 37.5 Å². The standard InChI is InChI=1S/C20H25FN4O2S/c1-14(2)25-19-10-9-18(11-16(19)12-22-25)28(26,27)23-13-20(24(3)4)15-5-7-17(21)8-6-15/h5-12,14,20,23H,13H2,1-4H3. The summed E-state index contributed by atoms with van der Waals surface area (Å²) >= 11 is 0. The summed E-state index contributed by atoms with van der Waals surface area (Å²) < 4.78 is 43.3. The molecule has 150 valence electrons. The Balaban J connectivity index is 1.82. The number of aromatic nitrogens is 2. The fraction of sp³-hybridized carbons (Fsp3) is 0.350. The quantitative estimate of drug-likeness (QED) is 0.656. The fourth-order valence-corrected chi connectivity index (χ4v) is 4.24. The Labute approximate surface area is 165 Å². The van der Waals surface area contributed by atoms with E-state index in [9.17, 15) is 12.8 Å². The van der Waals surface area contributed by atoms with Crippen LogP contribution in [-0.4, -0.2) is 43.7 Å². The summed E-state index contributed by atoms with van der Waals surface area (Å²) in [5, 5.41) is 5.10. The van der Waals surface area contributed by atoms with E-state index >= 15 is 0 Å². The first-order chi connectivity index (χ1) is 13.2. The van der Waals surface area contributed by atoms with E-state index in [-0.39, 0.29) is 29.3 Å². The number of hydrogen-bond donors (Lipinski definition) is 1. The normalized spacial score (nSPS) is 13.5. The molecule has 0 aliphatic rings. The minimum atomic E-state index is -3.70. The maximum atomic E-state index is 13.2. The molecule has 0 aliphatic heterocycles. The van der Waals surface area contributed by atoms with Gasteiger partial charge in [-0.15, -0.1) is 0 Å². The van der Waals surface area contributed by atoms with Crippen molar-refractivity contribution in [3.63, 3.8) is 0 Å². The van der Waals surface area contributed by atoms with Gasteiger partial charge in [0.15, 0.2) is 0 Å². The number of nitrogens with one attached hydrogen (secondary N) is 1. The van der Waals surface area contributed by atoms with E-state index in [1.165, 1.54) is 12.1 Å². The van der Waals surface area contributed by atoms with Crippen molar-refractivity contribution in [2.45, 2.75) is 30.8 Å². The molecular weight excluding hydrogens is 379 g/mol. The van der Waals surface area contributed by atoms with Crippen LogP contribution in [0, 0.1) is 5.82 Å². The smallest absolute Gasteiger partial charge is 0.240 e. The molecular formula is C20H25FN4O2S. The summed E-state index contributed by atoms with van der Waals surface area (Å²) in [4.78, 5) is 2.09. The van der Waals surface area contributed by atoms with Gasteiger partial charge in [-0.3, -0.25) is 4.68 Å². The van der Waals surface area contributed by atoms with E-state index in [0.717, 1.165) is 16.5 Å². The molecule has 3 rings (SSSR count). The molecule has 0 saturated heterocycles. The van der Waals surface area contributed by atoms with Crippen molar-refractivity contribution in [3.05, 3.63) is 60.0 Å². The third-order valence-electron chi connectivity index (χ3n) is 4.71. The largest absolute Gasteiger partial charge is 0.301 e. The van der Waals surface area contributed by atoms with Gasteiger partial charge >= 0.3 is 0 Å². The number of halogens is 1. The van der Waals surface area contributed by atoms with E-state index in [2.05, 4.69) is 9.82 Å². The van der Waals surface area contributed by atoms with E-state index < -0.39 is 10.0 Å². The number of likely N-dealkylation sites (N-methyl/N-ethyl adjacent to an activating group) is 1. The highest BCUT2D eigenvalue weighted by Gasteiger charge is 2.20.